The zero-order valence-corrected chi connectivity index (χ0v) is 19.1. The van der Waals surface area contributed by atoms with E-state index in [1.165, 1.54) is 23.5 Å². The number of carbonyl (C=O) groups is 2. The number of nitrogens with one attached hydrogen (secondary N) is 2. The van der Waals surface area contributed by atoms with Crippen molar-refractivity contribution in [2.45, 2.75) is 36.3 Å². The minimum atomic E-state index is -0.325. The molecule has 0 saturated heterocycles. The van der Waals surface area contributed by atoms with Crippen molar-refractivity contribution < 1.29 is 9.59 Å². The summed E-state index contributed by atoms with van der Waals surface area (Å²) in [7, 11) is 1.85. The van der Waals surface area contributed by atoms with Crippen molar-refractivity contribution in [2.75, 3.05) is 5.75 Å². The van der Waals surface area contributed by atoms with E-state index in [0.29, 0.717) is 16.1 Å². The van der Waals surface area contributed by atoms with E-state index in [0.717, 1.165) is 22.8 Å². The molecule has 3 rings (SSSR count). The van der Waals surface area contributed by atoms with E-state index in [4.69, 9.17) is 0 Å². The van der Waals surface area contributed by atoms with Crippen LogP contribution in [0.4, 0.5) is 0 Å². The van der Waals surface area contributed by atoms with Gasteiger partial charge in [0.15, 0.2) is 10.3 Å². The molecule has 9 nitrogen and oxygen atoms in total. The molecule has 3 aromatic rings. The lowest BCUT2D eigenvalue weighted by Gasteiger charge is -2.07. The first kappa shape index (κ1) is 22.8. The fourth-order valence-electron chi connectivity index (χ4n) is 2.61. The van der Waals surface area contributed by atoms with Gasteiger partial charge in [0.1, 0.15) is 5.82 Å². The van der Waals surface area contributed by atoms with Gasteiger partial charge in [-0.05, 0) is 25.5 Å². The molecule has 162 valence electrons. The summed E-state index contributed by atoms with van der Waals surface area (Å²) in [5.74, 6) is 0.816. The molecule has 0 unspecified atom stereocenters. The van der Waals surface area contributed by atoms with Crippen LogP contribution in [0.1, 0.15) is 22.8 Å². The van der Waals surface area contributed by atoms with Crippen LogP contribution in [-0.2, 0) is 28.8 Å². The molecular weight excluding hydrogens is 434 g/mol. The first-order valence-corrected chi connectivity index (χ1v) is 11.5. The van der Waals surface area contributed by atoms with Crippen molar-refractivity contribution in [3.63, 3.8) is 0 Å². The Labute approximate surface area is 188 Å². The summed E-state index contributed by atoms with van der Waals surface area (Å²) in [5.41, 5.74) is 7.56. The number of carbonyl (C=O) groups excluding carboxylic acids is 2. The largest absolute Gasteiger partial charge is 0.308 e. The lowest BCUT2D eigenvalue weighted by molar-refractivity contribution is -0.127. The van der Waals surface area contributed by atoms with Crippen molar-refractivity contribution >= 4 is 35.3 Å². The van der Waals surface area contributed by atoms with Crippen LogP contribution in [0.3, 0.4) is 0 Å². The molecule has 0 aliphatic heterocycles. The Morgan fingerprint density at radius 3 is 2.35 bits per heavy atom. The number of thioether (sulfide) groups is 2. The molecule has 11 heteroatoms. The number of aryl methyl sites for hydroxylation is 2. The van der Waals surface area contributed by atoms with Crippen LogP contribution in [0.15, 0.2) is 46.7 Å². The quantitative estimate of drug-likeness (QED) is 0.300. The summed E-state index contributed by atoms with van der Waals surface area (Å²) in [6, 6.07) is 11.2. The molecule has 0 spiro atoms. The second-order valence-electron chi connectivity index (χ2n) is 6.73. The molecule has 2 aromatic heterocycles. The van der Waals surface area contributed by atoms with Crippen LogP contribution in [0.2, 0.25) is 0 Å². The molecule has 0 aliphatic carbocycles. The average Bonchev–Trinajstić information content (AvgIpc) is 3.09. The van der Waals surface area contributed by atoms with Crippen LogP contribution >= 0.6 is 23.5 Å². The minimum absolute atomic E-state index is 0.102. The number of rotatable bonds is 8. The Bertz CT molecular complexity index is 1040. The van der Waals surface area contributed by atoms with E-state index < -0.39 is 0 Å². The van der Waals surface area contributed by atoms with Gasteiger partial charge in [-0.1, -0.05) is 53.9 Å². The Hall–Kier alpha value is -2.92. The van der Waals surface area contributed by atoms with Crippen molar-refractivity contribution in [1.82, 2.24) is 35.6 Å². The number of hydrogen-bond acceptors (Lipinski definition) is 8. The Morgan fingerprint density at radius 1 is 0.968 bits per heavy atom. The summed E-state index contributed by atoms with van der Waals surface area (Å²) < 4.78 is 1.83. The Morgan fingerprint density at radius 2 is 1.65 bits per heavy atom. The maximum atomic E-state index is 12.0. The predicted molar refractivity (Wildman–Crippen MR) is 119 cm³/mol. The summed E-state index contributed by atoms with van der Waals surface area (Å²) in [6.07, 6.45) is 0.197. The number of hydrazine groups is 1. The Kier molecular flexibility index (Phi) is 8.01. The van der Waals surface area contributed by atoms with Crippen molar-refractivity contribution in [3.05, 3.63) is 59.2 Å². The highest BCUT2D eigenvalue weighted by Crippen LogP contribution is 2.21. The van der Waals surface area contributed by atoms with Gasteiger partial charge in [-0.25, -0.2) is 9.97 Å². The first-order chi connectivity index (χ1) is 14.9. The fraction of sp³-hybridized carbons (Fsp3) is 0.300. The van der Waals surface area contributed by atoms with Crippen LogP contribution in [0, 0.1) is 13.8 Å². The monoisotopic (exact) mass is 457 g/mol. The number of benzene rings is 1. The van der Waals surface area contributed by atoms with Gasteiger partial charge in [0.05, 0.1) is 17.9 Å². The molecule has 0 aliphatic rings. The molecule has 0 bridgehead atoms. The van der Waals surface area contributed by atoms with E-state index in [-0.39, 0.29) is 24.0 Å². The van der Waals surface area contributed by atoms with E-state index in [9.17, 15) is 9.59 Å². The molecule has 0 atom stereocenters. The van der Waals surface area contributed by atoms with Crippen molar-refractivity contribution in [3.8, 4) is 0 Å². The molecule has 0 fully saturated rings. The van der Waals surface area contributed by atoms with Crippen LogP contribution in [0.25, 0.3) is 0 Å². The number of hydrogen-bond donors (Lipinski definition) is 2. The molecule has 31 heavy (non-hydrogen) atoms. The third-order valence-electron chi connectivity index (χ3n) is 4.10. The van der Waals surface area contributed by atoms with Gasteiger partial charge in [0.25, 0.3) is 0 Å². The lowest BCUT2D eigenvalue weighted by atomic mass is 10.1. The third kappa shape index (κ3) is 7.07. The van der Waals surface area contributed by atoms with Gasteiger partial charge in [-0.2, -0.15) is 0 Å². The molecule has 0 radical (unpaired) electrons. The maximum Gasteiger partial charge on any atom is 0.248 e. The van der Waals surface area contributed by atoms with Crippen molar-refractivity contribution in [2.24, 2.45) is 7.05 Å². The molecule has 2 N–H and O–H groups in total. The van der Waals surface area contributed by atoms with Gasteiger partial charge in [-0.15, -0.1) is 10.2 Å². The summed E-state index contributed by atoms with van der Waals surface area (Å²) in [4.78, 5) is 32.8. The molecule has 0 saturated carbocycles. The summed E-state index contributed by atoms with van der Waals surface area (Å²) >= 11 is 2.73. The van der Waals surface area contributed by atoms with Crippen LogP contribution in [-0.4, -0.2) is 42.3 Å². The lowest BCUT2D eigenvalue weighted by Crippen LogP contribution is -2.43. The number of amides is 2. The predicted octanol–water partition coefficient (Wildman–Crippen LogP) is 2.00. The van der Waals surface area contributed by atoms with Gasteiger partial charge in [0.2, 0.25) is 11.8 Å². The SMILES string of the molecule is Cc1cc(C)nc(SCc2nnc(SCC(=O)NNC(=O)Cc3ccccc3)n2C)n1. The van der Waals surface area contributed by atoms with Crippen molar-refractivity contribution in [1.29, 1.82) is 0 Å². The molecular formula is C20H23N7O2S2. The first-order valence-electron chi connectivity index (χ1n) is 9.48. The second-order valence-corrected chi connectivity index (χ2v) is 8.61. The standard InChI is InChI=1S/C20H23N7O2S2/c1-13-9-14(2)22-19(21-13)30-11-16-23-26-20(27(16)3)31-12-18(29)25-24-17(28)10-15-7-5-4-6-8-15/h4-9H,10-12H2,1-3H3,(H,24,28)(H,25,29). The Balaban J connectivity index is 1.43. The smallest absolute Gasteiger partial charge is 0.248 e. The average molecular weight is 458 g/mol. The topological polar surface area (TPSA) is 115 Å². The normalized spacial score (nSPS) is 10.7. The summed E-state index contributed by atoms with van der Waals surface area (Å²) in [6.45, 7) is 3.87. The molecule has 2 amide bonds. The minimum Gasteiger partial charge on any atom is -0.308 e. The number of aromatic nitrogens is 5. The maximum absolute atomic E-state index is 12.0. The van der Waals surface area contributed by atoms with Crippen LogP contribution < -0.4 is 10.9 Å². The van der Waals surface area contributed by atoms with Gasteiger partial charge < -0.3 is 4.57 Å². The molecule has 2 heterocycles. The third-order valence-corrected chi connectivity index (χ3v) is 5.96. The zero-order valence-electron chi connectivity index (χ0n) is 17.5. The van der Waals surface area contributed by atoms with E-state index >= 15 is 0 Å². The number of nitrogens with zero attached hydrogens (tertiary/aromatic N) is 5. The fourth-order valence-corrected chi connectivity index (χ4v) is 4.27. The van der Waals surface area contributed by atoms with Gasteiger partial charge >= 0.3 is 0 Å². The van der Waals surface area contributed by atoms with Gasteiger partial charge in [-0.3, -0.25) is 20.4 Å². The highest BCUT2D eigenvalue weighted by molar-refractivity contribution is 7.99. The highest BCUT2D eigenvalue weighted by atomic mass is 32.2. The zero-order chi connectivity index (χ0) is 22.2. The van der Waals surface area contributed by atoms with Crippen LogP contribution in [0.5, 0.6) is 0 Å². The van der Waals surface area contributed by atoms with Gasteiger partial charge in [0, 0.05) is 18.4 Å². The second kappa shape index (κ2) is 10.9. The highest BCUT2D eigenvalue weighted by Gasteiger charge is 2.13. The van der Waals surface area contributed by atoms with E-state index in [1.54, 1.807) is 0 Å². The summed E-state index contributed by atoms with van der Waals surface area (Å²) in [5, 5.41) is 9.64. The molecule has 1 aromatic carbocycles. The van der Waals surface area contributed by atoms with E-state index in [2.05, 4.69) is 31.0 Å². The van der Waals surface area contributed by atoms with E-state index in [1.807, 2.05) is 61.9 Å².